The average molecular weight is 518 g/mol. The van der Waals surface area contributed by atoms with Crippen LogP contribution in [0.15, 0.2) is 42.5 Å². The van der Waals surface area contributed by atoms with Crippen molar-refractivity contribution in [2.75, 3.05) is 38.4 Å². The lowest BCUT2D eigenvalue weighted by Crippen LogP contribution is -2.41. The SMILES string of the molecule is COc1ccc(CN(C)C(=O)CN(c2ccc(I)cc2)S(C)(=O)=O)cc1OC. The standard InChI is InChI=1S/C19H23IN2O5S/c1-21(12-14-5-10-17(26-2)18(11-14)27-3)19(23)13-22(28(4,24)25)16-8-6-15(20)7-9-16/h5-11H,12-13H2,1-4H3. The monoisotopic (exact) mass is 518 g/mol. The largest absolute Gasteiger partial charge is 0.493 e. The van der Waals surface area contributed by atoms with Gasteiger partial charge in [-0.25, -0.2) is 8.42 Å². The van der Waals surface area contributed by atoms with E-state index in [1.165, 1.54) is 4.90 Å². The summed E-state index contributed by atoms with van der Waals surface area (Å²) >= 11 is 2.14. The van der Waals surface area contributed by atoms with Crippen molar-refractivity contribution in [3.63, 3.8) is 0 Å². The summed E-state index contributed by atoms with van der Waals surface area (Å²) < 4.78 is 37.0. The van der Waals surface area contributed by atoms with Gasteiger partial charge in [0.1, 0.15) is 6.54 Å². The molecule has 28 heavy (non-hydrogen) atoms. The molecule has 0 fully saturated rings. The Morgan fingerprint density at radius 2 is 1.64 bits per heavy atom. The molecular weight excluding hydrogens is 495 g/mol. The fourth-order valence-corrected chi connectivity index (χ4v) is 3.80. The smallest absolute Gasteiger partial charge is 0.243 e. The zero-order chi connectivity index (χ0) is 20.9. The van der Waals surface area contributed by atoms with Crippen LogP contribution in [0.25, 0.3) is 0 Å². The van der Waals surface area contributed by atoms with Gasteiger partial charge in [0.05, 0.1) is 26.2 Å². The second kappa shape index (κ2) is 9.46. The third kappa shape index (κ3) is 5.74. The van der Waals surface area contributed by atoms with E-state index in [2.05, 4.69) is 22.6 Å². The first-order chi connectivity index (χ1) is 13.2. The van der Waals surface area contributed by atoms with Crippen LogP contribution < -0.4 is 13.8 Å². The molecule has 0 spiro atoms. The van der Waals surface area contributed by atoms with E-state index in [-0.39, 0.29) is 12.5 Å². The Labute approximate surface area is 179 Å². The zero-order valence-electron chi connectivity index (χ0n) is 16.2. The minimum absolute atomic E-state index is 0.275. The maximum Gasteiger partial charge on any atom is 0.243 e. The Morgan fingerprint density at radius 1 is 1.04 bits per heavy atom. The van der Waals surface area contributed by atoms with E-state index in [1.54, 1.807) is 57.7 Å². The predicted molar refractivity (Wildman–Crippen MR) is 117 cm³/mol. The number of carbonyl (C=O) groups is 1. The van der Waals surface area contributed by atoms with Gasteiger partial charge in [-0.1, -0.05) is 6.07 Å². The highest BCUT2D eigenvalue weighted by molar-refractivity contribution is 14.1. The molecule has 0 bridgehead atoms. The van der Waals surface area contributed by atoms with Crippen molar-refractivity contribution in [1.82, 2.24) is 4.90 Å². The van der Waals surface area contributed by atoms with Gasteiger partial charge in [-0.3, -0.25) is 9.10 Å². The third-order valence-electron chi connectivity index (χ3n) is 4.09. The van der Waals surface area contributed by atoms with E-state index < -0.39 is 10.0 Å². The molecule has 0 aromatic heterocycles. The number of methoxy groups -OCH3 is 2. The maximum atomic E-state index is 12.7. The average Bonchev–Trinajstić information content (AvgIpc) is 2.65. The number of nitrogens with zero attached hydrogens (tertiary/aromatic N) is 2. The molecule has 2 aromatic rings. The first-order valence-corrected chi connectivity index (χ1v) is 11.3. The second-order valence-electron chi connectivity index (χ2n) is 6.19. The van der Waals surface area contributed by atoms with Gasteiger partial charge in [-0.15, -0.1) is 0 Å². The maximum absolute atomic E-state index is 12.7. The molecule has 152 valence electrons. The Kier molecular flexibility index (Phi) is 7.53. The molecule has 0 atom stereocenters. The van der Waals surface area contributed by atoms with Gasteiger partial charge < -0.3 is 14.4 Å². The van der Waals surface area contributed by atoms with Crippen LogP contribution >= 0.6 is 22.6 Å². The van der Waals surface area contributed by atoms with Crippen LogP contribution in [0, 0.1) is 3.57 Å². The van der Waals surface area contributed by atoms with Crippen LogP contribution in [0.5, 0.6) is 11.5 Å². The van der Waals surface area contributed by atoms with E-state index in [4.69, 9.17) is 9.47 Å². The van der Waals surface area contributed by atoms with Crippen molar-refractivity contribution in [3.8, 4) is 11.5 Å². The number of halogens is 1. The Bertz CT molecular complexity index is 932. The Hall–Kier alpha value is -2.01. The number of carbonyl (C=O) groups excluding carboxylic acids is 1. The van der Waals surface area contributed by atoms with Gasteiger partial charge in [-0.2, -0.15) is 0 Å². The molecule has 2 aromatic carbocycles. The summed E-state index contributed by atoms with van der Waals surface area (Å²) in [5.74, 6) is 0.846. The van der Waals surface area contributed by atoms with Crippen molar-refractivity contribution < 1.29 is 22.7 Å². The number of ether oxygens (including phenoxy) is 2. The number of hydrogen-bond acceptors (Lipinski definition) is 5. The van der Waals surface area contributed by atoms with Gasteiger partial charge >= 0.3 is 0 Å². The van der Waals surface area contributed by atoms with E-state index in [0.717, 1.165) is 19.7 Å². The van der Waals surface area contributed by atoms with Crippen molar-refractivity contribution in [2.24, 2.45) is 0 Å². The minimum Gasteiger partial charge on any atom is -0.493 e. The van der Waals surface area contributed by atoms with Crippen molar-refractivity contribution in [1.29, 1.82) is 0 Å². The highest BCUT2D eigenvalue weighted by Gasteiger charge is 2.23. The molecule has 0 aliphatic heterocycles. The molecule has 0 saturated heterocycles. The highest BCUT2D eigenvalue weighted by Crippen LogP contribution is 2.28. The number of anilines is 1. The van der Waals surface area contributed by atoms with Gasteiger partial charge in [-0.05, 0) is 64.6 Å². The normalized spacial score (nSPS) is 11.0. The first kappa shape index (κ1) is 22.3. The summed E-state index contributed by atoms with van der Waals surface area (Å²) in [5.41, 5.74) is 1.30. The Balaban J connectivity index is 2.16. The van der Waals surface area contributed by atoms with E-state index in [0.29, 0.717) is 23.7 Å². The minimum atomic E-state index is -3.61. The van der Waals surface area contributed by atoms with Crippen LogP contribution in [0.2, 0.25) is 0 Å². The summed E-state index contributed by atoms with van der Waals surface area (Å²) in [5, 5.41) is 0. The molecule has 0 N–H and O–H groups in total. The predicted octanol–water partition coefficient (Wildman–Crippen LogP) is 2.73. The van der Waals surface area contributed by atoms with E-state index in [9.17, 15) is 13.2 Å². The first-order valence-electron chi connectivity index (χ1n) is 8.34. The van der Waals surface area contributed by atoms with Crippen molar-refractivity contribution >= 4 is 44.2 Å². The number of amides is 1. The third-order valence-corrected chi connectivity index (χ3v) is 5.95. The van der Waals surface area contributed by atoms with Crippen LogP contribution in [0.3, 0.4) is 0 Å². The zero-order valence-corrected chi connectivity index (χ0v) is 19.2. The fraction of sp³-hybridized carbons (Fsp3) is 0.316. The molecule has 1 amide bonds. The number of benzene rings is 2. The molecule has 2 rings (SSSR count). The summed E-state index contributed by atoms with van der Waals surface area (Å²) in [6.07, 6.45) is 1.09. The van der Waals surface area contributed by atoms with Crippen LogP contribution in [-0.4, -0.2) is 53.3 Å². The lowest BCUT2D eigenvalue weighted by atomic mass is 10.2. The molecule has 0 saturated carbocycles. The molecular formula is C19H23IN2O5S. The van der Waals surface area contributed by atoms with E-state index in [1.807, 2.05) is 6.07 Å². The molecule has 9 heteroatoms. The van der Waals surface area contributed by atoms with Crippen molar-refractivity contribution in [3.05, 3.63) is 51.6 Å². The molecule has 0 radical (unpaired) electrons. The number of hydrogen-bond donors (Lipinski definition) is 0. The summed E-state index contributed by atoms with van der Waals surface area (Å²) in [4.78, 5) is 14.2. The number of rotatable bonds is 8. The molecule has 0 heterocycles. The van der Waals surface area contributed by atoms with Crippen LogP contribution in [0.1, 0.15) is 5.56 Å². The van der Waals surface area contributed by atoms with Crippen LogP contribution in [-0.2, 0) is 21.4 Å². The summed E-state index contributed by atoms with van der Waals surface area (Å²) in [6.45, 7) is 0.0344. The fourth-order valence-electron chi connectivity index (χ4n) is 2.59. The highest BCUT2D eigenvalue weighted by atomic mass is 127. The lowest BCUT2D eigenvalue weighted by molar-refractivity contribution is -0.128. The number of sulfonamides is 1. The van der Waals surface area contributed by atoms with Crippen molar-refractivity contribution in [2.45, 2.75) is 6.54 Å². The topological polar surface area (TPSA) is 76.2 Å². The van der Waals surface area contributed by atoms with Gasteiger partial charge in [0.2, 0.25) is 15.9 Å². The summed E-state index contributed by atoms with van der Waals surface area (Å²) in [6, 6.07) is 12.3. The second-order valence-corrected chi connectivity index (χ2v) is 9.34. The summed E-state index contributed by atoms with van der Waals surface area (Å²) in [7, 11) is 1.12. The van der Waals surface area contributed by atoms with Gasteiger partial charge in [0.15, 0.2) is 11.5 Å². The molecule has 0 aliphatic rings. The Morgan fingerprint density at radius 3 is 2.18 bits per heavy atom. The quantitative estimate of drug-likeness (QED) is 0.503. The molecule has 0 unspecified atom stereocenters. The molecule has 0 aliphatic carbocycles. The van der Waals surface area contributed by atoms with Gasteiger partial charge in [0.25, 0.3) is 0 Å². The molecule has 7 nitrogen and oxygen atoms in total. The number of likely N-dealkylation sites (N-methyl/N-ethyl adjacent to an activating group) is 1. The van der Waals surface area contributed by atoms with E-state index >= 15 is 0 Å². The van der Waals surface area contributed by atoms with Gasteiger partial charge in [0, 0.05) is 17.2 Å². The van der Waals surface area contributed by atoms with Crippen LogP contribution in [0.4, 0.5) is 5.69 Å². The lowest BCUT2D eigenvalue weighted by Gasteiger charge is -2.25.